The molecule has 1 aromatic heterocycles. The summed E-state index contributed by atoms with van der Waals surface area (Å²) in [4.78, 5) is 0. The molecular weight excluding hydrogens is 220 g/mol. The average molecular weight is 240 g/mol. The van der Waals surface area contributed by atoms with E-state index in [1.165, 1.54) is 0 Å². The summed E-state index contributed by atoms with van der Waals surface area (Å²) in [5.74, 6) is 0.579. The quantitative estimate of drug-likeness (QED) is 0.259. The fraction of sp³-hybridized carbons (Fsp3) is 0.636. The molecule has 0 unspecified atom stereocenters. The van der Waals surface area contributed by atoms with Gasteiger partial charge in [0.25, 0.3) is 0 Å². The van der Waals surface area contributed by atoms with Gasteiger partial charge in [0.1, 0.15) is 5.56 Å². The molecule has 3 N–H and O–H groups in total. The Hall–Kier alpha value is -1.72. The van der Waals surface area contributed by atoms with Crippen LogP contribution in [0.3, 0.4) is 0 Å². The van der Waals surface area contributed by atoms with Crippen LogP contribution in [-0.4, -0.2) is 27.4 Å². The third-order valence-electron chi connectivity index (χ3n) is 2.52. The normalized spacial score (nSPS) is 11.8. The second-order valence-corrected chi connectivity index (χ2v) is 3.93. The Bertz CT molecular complexity index is 398. The summed E-state index contributed by atoms with van der Waals surface area (Å²) >= 11 is 0. The van der Waals surface area contributed by atoms with Crippen molar-refractivity contribution in [1.82, 2.24) is 9.78 Å². The van der Waals surface area contributed by atoms with Gasteiger partial charge in [-0.25, -0.2) is 4.68 Å². The van der Waals surface area contributed by atoms with Crippen LogP contribution in [0.25, 0.3) is 0 Å². The van der Waals surface area contributed by atoms with Gasteiger partial charge in [-0.1, -0.05) is 24.9 Å². The summed E-state index contributed by atoms with van der Waals surface area (Å²) in [6.45, 7) is 4.54. The topological polar surface area (TPSA) is 85.7 Å². The molecular formula is C11H20N4O2. The third-order valence-corrected chi connectivity index (χ3v) is 2.52. The van der Waals surface area contributed by atoms with Crippen LogP contribution < -0.4 is 10.5 Å². The second kappa shape index (κ2) is 6.12. The van der Waals surface area contributed by atoms with Gasteiger partial charge in [0.2, 0.25) is 5.88 Å². The predicted octanol–water partition coefficient (Wildman–Crippen LogP) is 1.39. The van der Waals surface area contributed by atoms with Crippen molar-refractivity contribution in [3.05, 3.63) is 11.3 Å². The second-order valence-electron chi connectivity index (χ2n) is 3.93. The predicted molar refractivity (Wildman–Crippen MR) is 65.5 cm³/mol. The molecule has 0 bridgehead atoms. The SMILES string of the molecule is CCCCCOc1c(C(N)=NO)c(C)nn1C. The molecule has 0 aromatic carbocycles. The molecule has 6 heteroatoms. The number of hydrogen-bond acceptors (Lipinski definition) is 4. The monoisotopic (exact) mass is 240 g/mol. The van der Waals surface area contributed by atoms with Crippen molar-refractivity contribution in [1.29, 1.82) is 0 Å². The summed E-state index contributed by atoms with van der Waals surface area (Å²) in [6.07, 6.45) is 3.24. The lowest BCUT2D eigenvalue weighted by atomic mass is 10.2. The molecule has 17 heavy (non-hydrogen) atoms. The van der Waals surface area contributed by atoms with Crippen LogP contribution in [0.2, 0.25) is 0 Å². The maximum atomic E-state index is 8.73. The fourth-order valence-electron chi connectivity index (χ4n) is 1.67. The number of unbranched alkanes of at least 4 members (excludes halogenated alkanes) is 2. The molecule has 0 amide bonds. The van der Waals surface area contributed by atoms with E-state index in [-0.39, 0.29) is 5.84 Å². The van der Waals surface area contributed by atoms with Gasteiger partial charge in [-0.15, -0.1) is 0 Å². The zero-order chi connectivity index (χ0) is 12.8. The smallest absolute Gasteiger partial charge is 0.223 e. The molecule has 1 rings (SSSR count). The highest BCUT2D eigenvalue weighted by Gasteiger charge is 2.18. The Morgan fingerprint density at radius 3 is 2.82 bits per heavy atom. The van der Waals surface area contributed by atoms with Crippen molar-refractivity contribution >= 4 is 5.84 Å². The number of oxime groups is 1. The van der Waals surface area contributed by atoms with Gasteiger partial charge in [0.05, 0.1) is 12.3 Å². The Labute approximate surface area is 101 Å². The minimum atomic E-state index is 0.0288. The van der Waals surface area contributed by atoms with E-state index in [1.54, 1.807) is 18.7 Å². The highest BCUT2D eigenvalue weighted by Crippen LogP contribution is 2.21. The van der Waals surface area contributed by atoms with Crippen molar-refractivity contribution in [3.8, 4) is 5.88 Å². The number of hydrogen-bond donors (Lipinski definition) is 2. The van der Waals surface area contributed by atoms with Crippen LogP contribution in [-0.2, 0) is 7.05 Å². The van der Waals surface area contributed by atoms with Gasteiger partial charge in [0.15, 0.2) is 5.84 Å². The van der Waals surface area contributed by atoms with E-state index in [2.05, 4.69) is 17.2 Å². The van der Waals surface area contributed by atoms with Crippen molar-refractivity contribution in [2.45, 2.75) is 33.1 Å². The average Bonchev–Trinajstić information content (AvgIpc) is 2.59. The van der Waals surface area contributed by atoms with Crippen molar-refractivity contribution < 1.29 is 9.94 Å². The molecule has 0 aliphatic rings. The van der Waals surface area contributed by atoms with Crippen LogP contribution >= 0.6 is 0 Å². The Kier molecular flexibility index (Phi) is 4.81. The molecule has 0 saturated heterocycles. The minimum absolute atomic E-state index is 0.0288. The summed E-state index contributed by atoms with van der Waals surface area (Å²) in [5.41, 5.74) is 6.86. The molecule has 1 aromatic rings. The molecule has 1 heterocycles. The van der Waals surface area contributed by atoms with E-state index in [9.17, 15) is 0 Å². The van der Waals surface area contributed by atoms with Gasteiger partial charge in [-0.3, -0.25) is 0 Å². The van der Waals surface area contributed by atoms with Crippen molar-refractivity contribution in [2.75, 3.05) is 6.61 Å². The van der Waals surface area contributed by atoms with E-state index in [0.29, 0.717) is 23.7 Å². The maximum absolute atomic E-state index is 8.73. The zero-order valence-electron chi connectivity index (χ0n) is 10.6. The standard InChI is InChI=1S/C11H20N4O2/c1-4-5-6-7-17-11-9(10(12)14-16)8(2)13-15(11)3/h16H,4-7H2,1-3H3,(H2,12,14). The fourth-order valence-corrected chi connectivity index (χ4v) is 1.67. The summed E-state index contributed by atoms with van der Waals surface area (Å²) in [7, 11) is 1.77. The van der Waals surface area contributed by atoms with Gasteiger partial charge in [-0.2, -0.15) is 5.10 Å². The highest BCUT2D eigenvalue weighted by atomic mass is 16.5. The lowest BCUT2D eigenvalue weighted by Gasteiger charge is -2.08. The van der Waals surface area contributed by atoms with E-state index in [1.807, 2.05) is 0 Å². The summed E-state index contributed by atoms with van der Waals surface area (Å²) < 4.78 is 7.25. The number of rotatable bonds is 6. The number of amidine groups is 1. The number of aromatic nitrogens is 2. The van der Waals surface area contributed by atoms with E-state index in [0.717, 1.165) is 19.3 Å². The third kappa shape index (κ3) is 3.12. The highest BCUT2D eigenvalue weighted by molar-refractivity contribution is 6.00. The molecule has 6 nitrogen and oxygen atoms in total. The van der Waals surface area contributed by atoms with Gasteiger partial charge in [0, 0.05) is 7.05 Å². The van der Waals surface area contributed by atoms with E-state index >= 15 is 0 Å². The molecule has 0 atom stereocenters. The molecule has 0 saturated carbocycles. The van der Waals surface area contributed by atoms with Gasteiger partial charge >= 0.3 is 0 Å². The number of ether oxygens (including phenoxy) is 1. The van der Waals surface area contributed by atoms with Crippen LogP contribution in [0, 0.1) is 6.92 Å². The molecule has 0 aliphatic carbocycles. The van der Waals surface area contributed by atoms with Crippen LogP contribution in [0.1, 0.15) is 37.4 Å². The van der Waals surface area contributed by atoms with Gasteiger partial charge in [-0.05, 0) is 13.3 Å². The first-order valence-electron chi connectivity index (χ1n) is 5.76. The maximum Gasteiger partial charge on any atom is 0.223 e. The summed E-state index contributed by atoms with van der Waals surface area (Å²) in [6, 6.07) is 0. The first-order valence-corrected chi connectivity index (χ1v) is 5.76. The largest absolute Gasteiger partial charge is 0.477 e. The number of nitrogens with zero attached hydrogens (tertiary/aromatic N) is 3. The number of nitrogens with two attached hydrogens (primary N) is 1. The zero-order valence-corrected chi connectivity index (χ0v) is 10.6. The Morgan fingerprint density at radius 2 is 2.24 bits per heavy atom. The van der Waals surface area contributed by atoms with Crippen LogP contribution in [0.4, 0.5) is 0 Å². The first kappa shape index (κ1) is 13.3. The van der Waals surface area contributed by atoms with Gasteiger partial charge < -0.3 is 15.7 Å². The van der Waals surface area contributed by atoms with Crippen LogP contribution in [0.15, 0.2) is 5.16 Å². The molecule has 0 aliphatic heterocycles. The molecule has 96 valence electrons. The minimum Gasteiger partial charge on any atom is -0.477 e. The molecule has 0 radical (unpaired) electrons. The molecule has 0 spiro atoms. The summed E-state index contributed by atoms with van der Waals surface area (Å²) in [5, 5.41) is 15.9. The Morgan fingerprint density at radius 1 is 1.53 bits per heavy atom. The van der Waals surface area contributed by atoms with Crippen molar-refractivity contribution in [2.24, 2.45) is 17.9 Å². The van der Waals surface area contributed by atoms with E-state index < -0.39 is 0 Å². The molecule has 0 fully saturated rings. The Balaban J connectivity index is 2.83. The number of aryl methyl sites for hydroxylation is 2. The first-order chi connectivity index (χ1) is 8.11. The lowest BCUT2D eigenvalue weighted by Crippen LogP contribution is -2.16. The lowest BCUT2D eigenvalue weighted by molar-refractivity contribution is 0.279. The van der Waals surface area contributed by atoms with Crippen LogP contribution in [0.5, 0.6) is 5.88 Å². The van der Waals surface area contributed by atoms with Crippen molar-refractivity contribution in [3.63, 3.8) is 0 Å². The van der Waals surface area contributed by atoms with E-state index in [4.69, 9.17) is 15.7 Å².